The molecular formula is C9H7NaO6S. The van der Waals surface area contributed by atoms with Crippen molar-refractivity contribution in [1.82, 2.24) is 0 Å². The van der Waals surface area contributed by atoms with Gasteiger partial charge in [-0.25, -0.2) is 14.4 Å². The van der Waals surface area contributed by atoms with Crippen molar-refractivity contribution in [3.63, 3.8) is 0 Å². The molecule has 0 bridgehead atoms. The quantitative estimate of drug-likeness (QED) is 0.466. The Labute approximate surface area is 123 Å². The van der Waals surface area contributed by atoms with Gasteiger partial charge in [0.15, 0.2) is 0 Å². The summed E-state index contributed by atoms with van der Waals surface area (Å²) in [6.45, 7) is 0. The van der Waals surface area contributed by atoms with E-state index in [1.807, 2.05) is 0 Å². The number of carboxylic acids is 3. The van der Waals surface area contributed by atoms with Crippen LogP contribution in [0.1, 0.15) is 31.1 Å². The van der Waals surface area contributed by atoms with Crippen molar-refractivity contribution in [2.45, 2.75) is 4.90 Å². The first kappa shape index (κ1) is 16.0. The standard InChI is InChI=1S/C9H6O6S.Na.H/c10-7(11)3-1-4(8(12)13)6(16)5(2-3)9(14)15;;/h1-2,16H,(H,10,11)(H,12,13)(H,14,15);;. The number of hydrogen-bond donors (Lipinski definition) is 4. The minimum atomic E-state index is -1.43. The first-order valence-corrected chi connectivity index (χ1v) is 4.36. The number of rotatable bonds is 3. The van der Waals surface area contributed by atoms with E-state index in [0.717, 1.165) is 12.1 Å². The zero-order chi connectivity index (χ0) is 12.5. The number of benzene rings is 1. The SMILES string of the molecule is O=C(O)c1cc(C(=O)O)c(S)c(C(=O)O)c1.[NaH]. The Morgan fingerprint density at radius 3 is 1.47 bits per heavy atom. The van der Waals surface area contributed by atoms with Crippen LogP contribution in [0.4, 0.5) is 0 Å². The predicted molar refractivity (Wildman–Crippen MR) is 61.7 cm³/mol. The van der Waals surface area contributed by atoms with Crippen LogP contribution in [0.5, 0.6) is 0 Å². The van der Waals surface area contributed by atoms with E-state index in [-0.39, 0.29) is 34.5 Å². The Morgan fingerprint density at radius 2 is 1.24 bits per heavy atom. The second-order valence-electron chi connectivity index (χ2n) is 2.84. The molecule has 0 spiro atoms. The van der Waals surface area contributed by atoms with Crippen molar-refractivity contribution >= 4 is 60.1 Å². The summed E-state index contributed by atoms with van der Waals surface area (Å²) in [7, 11) is 0. The van der Waals surface area contributed by atoms with Gasteiger partial charge in [0.25, 0.3) is 0 Å². The van der Waals surface area contributed by atoms with Crippen molar-refractivity contribution in [1.29, 1.82) is 0 Å². The Bertz CT molecular complexity index is 463. The molecule has 0 aliphatic heterocycles. The van der Waals surface area contributed by atoms with Crippen molar-refractivity contribution in [2.24, 2.45) is 0 Å². The second kappa shape index (κ2) is 6.06. The van der Waals surface area contributed by atoms with Gasteiger partial charge in [-0.15, -0.1) is 12.6 Å². The summed E-state index contributed by atoms with van der Waals surface area (Å²) in [6, 6.07) is 1.72. The Morgan fingerprint density at radius 1 is 0.882 bits per heavy atom. The molecule has 6 nitrogen and oxygen atoms in total. The third kappa shape index (κ3) is 3.47. The van der Waals surface area contributed by atoms with Crippen LogP contribution in [-0.2, 0) is 0 Å². The molecule has 0 saturated carbocycles. The fraction of sp³-hybridized carbons (Fsp3) is 0. The van der Waals surface area contributed by atoms with Gasteiger partial charge < -0.3 is 15.3 Å². The topological polar surface area (TPSA) is 112 Å². The molecule has 0 unspecified atom stereocenters. The number of thiol groups is 1. The molecule has 1 aromatic carbocycles. The third-order valence-electron chi connectivity index (χ3n) is 1.82. The first-order valence-electron chi connectivity index (χ1n) is 3.91. The van der Waals surface area contributed by atoms with Crippen LogP contribution in [0.15, 0.2) is 17.0 Å². The predicted octanol–water partition coefficient (Wildman–Crippen LogP) is 0.421. The van der Waals surface area contributed by atoms with Crippen molar-refractivity contribution in [3.8, 4) is 0 Å². The second-order valence-corrected chi connectivity index (χ2v) is 3.28. The van der Waals surface area contributed by atoms with E-state index < -0.39 is 34.6 Å². The van der Waals surface area contributed by atoms with Gasteiger partial charge in [-0.3, -0.25) is 0 Å². The van der Waals surface area contributed by atoms with Crippen LogP contribution >= 0.6 is 12.6 Å². The summed E-state index contributed by atoms with van der Waals surface area (Å²) >= 11 is 3.75. The molecule has 3 N–H and O–H groups in total. The van der Waals surface area contributed by atoms with Gasteiger partial charge in [-0.2, -0.15) is 0 Å². The van der Waals surface area contributed by atoms with E-state index >= 15 is 0 Å². The fourth-order valence-electron chi connectivity index (χ4n) is 1.08. The van der Waals surface area contributed by atoms with Crippen LogP contribution < -0.4 is 0 Å². The molecule has 8 heteroatoms. The molecule has 0 aromatic heterocycles. The van der Waals surface area contributed by atoms with Gasteiger partial charge in [-0.05, 0) is 12.1 Å². The molecule has 0 aliphatic carbocycles. The molecule has 86 valence electrons. The van der Waals surface area contributed by atoms with Crippen LogP contribution in [0.2, 0.25) is 0 Å². The molecule has 1 aromatic rings. The summed E-state index contributed by atoms with van der Waals surface area (Å²) < 4.78 is 0. The molecule has 0 fully saturated rings. The Kier molecular flexibility index (Phi) is 5.70. The van der Waals surface area contributed by atoms with Crippen LogP contribution in [0.25, 0.3) is 0 Å². The summed E-state index contributed by atoms with van der Waals surface area (Å²) in [5.41, 5.74) is -1.33. The van der Waals surface area contributed by atoms with E-state index in [1.54, 1.807) is 0 Å². The summed E-state index contributed by atoms with van der Waals surface area (Å²) in [5, 5.41) is 26.2. The zero-order valence-corrected chi connectivity index (χ0v) is 8.56. The minimum absolute atomic E-state index is 0. The molecule has 17 heavy (non-hydrogen) atoms. The van der Waals surface area contributed by atoms with Gasteiger partial charge in [0.1, 0.15) is 0 Å². The van der Waals surface area contributed by atoms with E-state index in [1.165, 1.54) is 0 Å². The average molecular weight is 266 g/mol. The van der Waals surface area contributed by atoms with E-state index in [0.29, 0.717) is 0 Å². The molecule has 0 aliphatic rings. The number of carbonyl (C=O) groups is 3. The number of aromatic carboxylic acids is 3. The number of hydrogen-bond acceptors (Lipinski definition) is 4. The first-order chi connectivity index (χ1) is 7.34. The van der Waals surface area contributed by atoms with Crippen LogP contribution in [0.3, 0.4) is 0 Å². The average Bonchev–Trinajstić information content (AvgIpc) is 2.16. The van der Waals surface area contributed by atoms with Crippen LogP contribution in [0, 0.1) is 0 Å². The molecule has 0 saturated heterocycles. The molecule has 0 amide bonds. The summed E-state index contributed by atoms with van der Waals surface area (Å²) in [5.74, 6) is -4.27. The summed E-state index contributed by atoms with van der Waals surface area (Å²) in [4.78, 5) is 31.9. The van der Waals surface area contributed by atoms with Gasteiger partial charge in [0.05, 0.1) is 16.7 Å². The van der Waals surface area contributed by atoms with Gasteiger partial charge in [-0.1, -0.05) is 0 Å². The van der Waals surface area contributed by atoms with Crippen molar-refractivity contribution in [2.75, 3.05) is 0 Å². The Hall–Kier alpha value is -1.02. The molecule has 0 atom stereocenters. The van der Waals surface area contributed by atoms with E-state index in [4.69, 9.17) is 15.3 Å². The molecule has 0 heterocycles. The number of carboxylic acid groups (broad SMARTS) is 3. The van der Waals surface area contributed by atoms with Gasteiger partial charge >= 0.3 is 47.5 Å². The van der Waals surface area contributed by atoms with E-state index in [2.05, 4.69) is 12.6 Å². The van der Waals surface area contributed by atoms with Crippen molar-refractivity contribution in [3.05, 3.63) is 28.8 Å². The van der Waals surface area contributed by atoms with Gasteiger partial charge in [0, 0.05) is 4.90 Å². The maximum atomic E-state index is 10.7. The zero-order valence-electron chi connectivity index (χ0n) is 7.67. The molecule has 1 rings (SSSR count). The Balaban J connectivity index is 0.00000256. The van der Waals surface area contributed by atoms with Crippen LogP contribution in [-0.4, -0.2) is 62.8 Å². The van der Waals surface area contributed by atoms with E-state index in [9.17, 15) is 14.4 Å². The van der Waals surface area contributed by atoms with Crippen molar-refractivity contribution < 1.29 is 29.7 Å². The third-order valence-corrected chi connectivity index (χ3v) is 2.30. The molecule has 0 radical (unpaired) electrons. The summed E-state index contributed by atoms with van der Waals surface area (Å²) in [6.07, 6.45) is 0. The molecular weight excluding hydrogens is 259 g/mol. The maximum absolute atomic E-state index is 10.7. The van der Waals surface area contributed by atoms with Gasteiger partial charge in [0.2, 0.25) is 0 Å². The monoisotopic (exact) mass is 266 g/mol. The fourth-order valence-corrected chi connectivity index (χ4v) is 1.40. The normalized spacial score (nSPS) is 9.24.